The second-order valence-electron chi connectivity index (χ2n) is 3.46. The number of hydrogen-bond acceptors (Lipinski definition) is 1. The Kier molecular flexibility index (Phi) is 2.12. The number of nitrogens with zero attached hydrogens (tertiary/aromatic N) is 2. The van der Waals surface area contributed by atoms with Crippen LogP contribution >= 0.6 is 0 Å². The van der Waals surface area contributed by atoms with Gasteiger partial charge in [0, 0.05) is 18.3 Å². The normalized spacial score (nSPS) is 10.5. The zero-order valence-corrected chi connectivity index (χ0v) is 8.70. The molecule has 2 heteroatoms. The zero-order chi connectivity index (χ0) is 10.1. The Morgan fingerprint density at radius 2 is 2.14 bits per heavy atom. The van der Waals surface area contributed by atoms with Crippen molar-refractivity contribution >= 4 is 0 Å². The molecule has 2 rings (SSSR count). The number of hydrogen-bond donors (Lipinski definition) is 0. The third kappa shape index (κ3) is 1.33. The van der Waals surface area contributed by atoms with Crippen LogP contribution in [-0.2, 0) is 7.05 Å². The molecule has 2 nitrogen and oxygen atoms in total. The van der Waals surface area contributed by atoms with E-state index < -0.39 is 0 Å². The lowest BCUT2D eigenvalue weighted by Gasteiger charge is -2.00. The first-order valence-electron chi connectivity index (χ1n) is 4.67. The topological polar surface area (TPSA) is 17.8 Å². The van der Waals surface area contributed by atoms with E-state index >= 15 is 0 Å². The monoisotopic (exact) mass is 185 g/mol. The molecule has 0 aliphatic carbocycles. The maximum absolute atomic E-state index is 4.39. The molecule has 2 aromatic rings. The molecule has 71 valence electrons. The molecule has 0 atom stereocenters. The van der Waals surface area contributed by atoms with Gasteiger partial charge in [-0.2, -0.15) is 5.10 Å². The highest BCUT2D eigenvalue weighted by molar-refractivity contribution is 5.68. The molecule has 0 N–H and O–H groups in total. The first kappa shape index (κ1) is 9.00. The van der Waals surface area contributed by atoms with Crippen LogP contribution in [0.4, 0.5) is 0 Å². The molecule has 1 aromatic carbocycles. The third-order valence-corrected chi connectivity index (χ3v) is 2.50. The highest BCUT2D eigenvalue weighted by Gasteiger charge is 2.10. The summed E-state index contributed by atoms with van der Waals surface area (Å²) in [7, 11) is 1.97. The Morgan fingerprint density at radius 1 is 1.36 bits per heavy atom. The van der Waals surface area contributed by atoms with E-state index in [1.807, 2.05) is 36.9 Å². The number of benzene rings is 1. The third-order valence-electron chi connectivity index (χ3n) is 2.50. The average Bonchev–Trinajstić information content (AvgIpc) is 2.43. The van der Waals surface area contributed by atoms with Crippen LogP contribution in [0.5, 0.6) is 0 Å². The summed E-state index contributed by atoms with van der Waals surface area (Å²) in [5.41, 5.74) is 4.69. The minimum Gasteiger partial charge on any atom is -0.272 e. The van der Waals surface area contributed by atoms with Crippen LogP contribution in [0.1, 0.15) is 11.4 Å². The highest BCUT2D eigenvalue weighted by atomic mass is 15.3. The van der Waals surface area contributed by atoms with E-state index in [4.69, 9.17) is 0 Å². The number of rotatable bonds is 1. The smallest absolute Gasteiger partial charge is 0.0674 e. The maximum atomic E-state index is 4.39. The lowest BCUT2D eigenvalue weighted by molar-refractivity contribution is 0.731. The van der Waals surface area contributed by atoms with Crippen LogP contribution in [0, 0.1) is 19.9 Å². The molecule has 14 heavy (non-hydrogen) atoms. The predicted octanol–water partition coefficient (Wildman–Crippen LogP) is 2.50. The Bertz CT molecular complexity index is 441. The first-order valence-corrected chi connectivity index (χ1v) is 4.67. The Labute approximate surface area is 84.2 Å². The van der Waals surface area contributed by atoms with Crippen LogP contribution < -0.4 is 0 Å². The molecule has 0 aliphatic heterocycles. The standard InChI is InChI=1S/C12H13N2/c1-9-12(10(2)14(3)13-9)11-7-5-4-6-8-11/h4-5,7-8H,1-3H3. The molecule has 0 saturated carbocycles. The molecule has 1 radical (unpaired) electrons. The van der Waals surface area contributed by atoms with Gasteiger partial charge in [0.05, 0.1) is 5.69 Å². The fourth-order valence-corrected chi connectivity index (χ4v) is 1.74. The summed E-state index contributed by atoms with van der Waals surface area (Å²) in [6, 6.07) is 11.1. The molecule has 0 saturated heterocycles. The minimum atomic E-state index is 1.07. The van der Waals surface area contributed by atoms with Crippen molar-refractivity contribution in [2.45, 2.75) is 13.8 Å². The molecule has 1 aromatic heterocycles. The lowest BCUT2D eigenvalue weighted by atomic mass is 10.0. The molecule has 0 amide bonds. The van der Waals surface area contributed by atoms with Crippen molar-refractivity contribution in [3.63, 3.8) is 0 Å². The average molecular weight is 185 g/mol. The van der Waals surface area contributed by atoms with Crippen molar-refractivity contribution in [2.24, 2.45) is 7.05 Å². The quantitative estimate of drug-likeness (QED) is 0.667. The van der Waals surface area contributed by atoms with E-state index in [1.165, 1.54) is 16.8 Å². The molecular weight excluding hydrogens is 172 g/mol. The van der Waals surface area contributed by atoms with Gasteiger partial charge < -0.3 is 0 Å². The van der Waals surface area contributed by atoms with E-state index in [2.05, 4.69) is 24.2 Å². The van der Waals surface area contributed by atoms with E-state index in [9.17, 15) is 0 Å². The largest absolute Gasteiger partial charge is 0.272 e. The van der Waals surface area contributed by atoms with Gasteiger partial charge in [0.15, 0.2) is 0 Å². The fraction of sp³-hybridized carbons (Fsp3) is 0.250. The summed E-state index contributed by atoms with van der Waals surface area (Å²) in [6.45, 7) is 4.12. The fourth-order valence-electron chi connectivity index (χ4n) is 1.74. The highest BCUT2D eigenvalue weighted by Crippen LogP contribution is 2.25. The van der Waals surface area contributed by atoms with E-state index in [1.54, 1.807) is 0 Å². The van der Waals surface area contributed by atoms with Crippen molar-refractivity contribution < 1.29 is 0 Å². The summed E-state index contributed by atoms with van der Waals surface area (Å²) < 4.78 is 1.91. The summed E-state index contributed by atoms with van der Waals surface area (Å²) >= 11 is 0. The van der Waals surface area contributed by atoms with Gasteiger partial charge in [0.1, 0.15) is 0 Å². The first-order chi connectivity index (χ1) is 6.70. The van der Waals surface area contributed by atoms with Crippen molar-refractivity contribution in [3.8, 4) is 11.1 Å². The van der Waals surface area contributed by atoms with Gasteiger partial charge in [-0.3, -0.25) is 4.68 Å². The summed E-state index contributed by atoms with van der Waals surface area (Å²) in [6.07, 6.45) is 0. The Hall–Kier alpha value is -1.57. The molecule has 1 heterocycles. The van der Waals surface area contributed by atoms with Crippen LogP contribution in [-0.4, -0.2) is 9.78 Å². The van der Waals surface area contributed by atoms with E-state index in [0.29, 0.717) is 0 Å². The second-order valence-corrected chi connectivity index (χ2v) is 3.46. The van der Waals surface area contributed by atoms with E-state index in [0.717, 1.165) is 5.69 Å². The molecule has 0 spiro atoms. The summed E-state index contributed by atoms with van der Waals surface area (Å²) in [4.78, 5) is 0. The van der Waals surface area contributed by atoms with Crippen molar-refractivity contribution in [3.05, 3.63) is 41.7 Å². The Morgan fingerprint density at radius 3 is 2.64 bits per heavy atom. The molecule has 0 bridgehead atoms. The van der Waals surface area contributed by atoms with Gasteiger partial charge in [0.25, 0.3) is 0 Å². The van der Waals surface area contributed by atoms with Gasteiger partial charge in [-0.1, -0.05) is 18.2 Å². The van der Waals surface area contributed by atoms with Gasteiger partial charge in [-0.05, 0) is 31.5 Å². The predicted molar refractivity (Wildman–Crippen MR) is 57.0 cm³/mol. The number of aryl methyl sites for hydroxylation is 2. The summed E-state index contributed by atoms with van der Waals surface area (Å²) in [5, 5.41) is 4.39. The van der Waals surface area contributed by atoms with Crippen LogP contribution in [0.15, 0.2) is 24.3 Å². The molecular formula is C12H13N2. The van der Waals surface area contributed by atoms with Crippen LogP contribution in [0.3, 0.4) is 0 Å². The maximum Gasteiger partial charge on any atom is 0.0674 e. The summed E-state index contributed by atoms with van der Waals surface area (Å²) in [5.74, 6) is 0. The zero-order valence-electron chi connectivity index (χ0n) is 8.70. The van der Waals surface area contributed by atoms with Crippen LogP contribution in [0.25, 0.3) is 11.1 Å². The van der Waals surface area contributed by atoms with Crippen molar-refractivity contribution in [1.29, 1.82) is 0 Å². The number of aromatic nitrogens is 2. The van der Waals surface area contributed by atoms with Gasteiger partial charge in [-0.15, -0.1) is 0 Å². The molecule has 0 aliphatic rings. The Balaban J connectivity index is 2.62. The molecule has 0 unspecified atom stereocenters. The van der Waals surface area contributed by atoms with Crippen LogP contribution in [0.2, 0.25) is 0 Å². The van der Waals surface area contributed by atoms with Gasteiger partial charge >= 0.3 is 0 Å². The molecule has 0 fully saturated rings. The van der Waals surface area contributed by atoms with Crippen molar-refractivity contribution in [1.82, 2.24) is 9.78 Å². The minimum absolute atomic E-state index is 1.07. The van der Waals surface area contributed by atoms with E-state index in [-0.39, 0.29) is 0 Å². The van der Waals surface area contributed by atoms with Gasteiger partial charge in [0.2, 0.25) is 0 Å². The second kappa shape index (κ2) is 3.29. The SMILES string of the molecule is Cc1nn(C)c(C)c1-c1c[c]ccc1. The van der Waals surface area contributed by atoms with Gasteiger partial charge in [-0.25, -0.2) is 0 Å². The lowest BCUT2D eigenvalue weighted by Crippen LogP contribution is -1.92. The van der Waals surface area contributed by atoms with Crippen molar-refractivity contribution in [2.75, 3.05) is 0 Å².